The summed E-state index contributed by atoms with van der Waals surface area (Å²) in [5.41, 5.74) is 2.35. The molecule has 3 rings (SSSR count). The Morgan fingerprint density at radius 2 is 2.00 bits per heavy atom. The maximum Gasteiger partial charge on any atom is 0.334 e. The largest absolute Gasteiger partial charge is 0.458 e. The lowest BCUT2D eigenvalue weighted by Crippen LogP contribution is -2.36. The Bertz CT molecular complexity index is 754. The van der Waals surface area contributed by atoms with Crippen LogP contribution in [0, 0.1) is 17.8 Å². The van der Waals surface area contributed by atoms with Crippen molar-refractivity contribution in [1.82, 2.24) is 0 Å². The number of hydrogen-bond acceptors (Lipinski definition) is 5. The molecule has 1 aliphatic heterocycles. The monoisotopic (exact) mass is 342 g/mol. The van der Waals surface area contributed by atoms with E-state index in [0.717, 1.165) is 5.57 Å². The van der Waals surface area contributed by atoms with Crippen molar-refractivity contribution in [2.24, 2.45) is 17.8 Å². The third-order valence-corrected chi connectivity index (χ3v) is 5.49. The van der Waals surface area contributed by atoms with E-state index in [-0.39, 0.29) is 11.7 Å². The Morgan fingerprint density at radius 3 is 2.64 bits per heavy atom. The number of ketones is 1. The molecule has 3 aliphatic rings. The molecule has 0 amide bonds. The van der Waals surface area contributed by atoms with Gasteiger partial charge in [-0.15, -0.1) is 0 Å². The molecule has 0 aromatic rings. The minimum absolute atomic E-state index is 0.0311. The number of allylic oxidation sites excluding steroid dienone is 2. The molecule has 5 heteroatoms. The van der Waals surface area contributed by atoms with Gasteiger partial charge in [0.05, 0.1) is 11.8 Å². The second-order valence-electron chi connectivity index (χ2n) is 6.99. The summed E-state index contributed by atoms with van der Waals surface area (Å²) in [4.78, 5) is 36.8. The van der Waals surface area contributed by atoms with Crippen molar-refractivity contribution in [3.63, 3.8) is 0 Å². The first kappa shape index (κ1) is 17.4. The van der Waals surface area contributed by atoms with Crippen LogP contribution in [0.15, 0.2) is 47.6 Å². The van der Waals surface area contributed by atoms with Gasteiger partial charge < -0.3 is 9.47 Å². The predicted molar refractivity (Wildman–Crippen MR) is 91.3 cm³/mol. The van der Waals surface area contributed by atoms with Gasteiger partial charge in [0, 0.05) is 23.5 Å². The normalized spacial score (nSPS) is 34.9. The van der Waals surface area contributed by atoms with Gasteiger partial charge in [0.1, 0.15) is 12.2 Å². The first-order valence-corrected chi connectivity index (χ1v) is 8.39. The lowest BCUT2D eigenvalue weighted by molar-refractivity contribution is -0.148. The minimum Gasteiger partial charge on any atom is -0.458 e. The quantitative estimate of drug-likeness (QED) is 0.438. The van der Waals surface area contributed by atoms with Gasteiger partial charge in [-0.3, -0.25) is 4.79 Å². The lowest BCUT2D eigenvalue weighted by Gasteiger charge is -2.28. The Hall–Kier alpha value is -2.43. The molecule has 1 saturated heterocycles. The van der Waals surface area contributed by atoms with Crippen molar-refractivity contribution in [3.8, 4) is 0 Å². The van der Waals surface area contributed by atoms with Gasteiger partial charge in [-0.2, -0.15) is 0 Å². The fourth-order valence-electron chi connectivity index (χ4n) is 4.07. The summed E-state index contributed by atoms with van der Waals surface area (Å²) in [5.74, 6) is -2.13. The van der Waals surface area contributed by atoms with Crippen LogP contribution in [0.1, 0.15) is 27.2 Å². The zero-order valence-electron chi connectivity index (χ0n) is 14.7. The molecule has 2 aliphatic carbocycles. The molecule has 2 fully saturated rings. The first-order chi connectivity index (χ1) is 11.8. The zero-order chi connectivity index (χ0) is 18.5. The third-order valence-electron chi connectivity index (χ3n) is 5.49. The summed E-state index contributed by atoms with van der Waals surface area (Å²) in [5, 5.41) is 0. The highest BCUT2D eigenvalue weighted by atomic mass is 16.6. The Labute approximate surface area is 147 Å². The highest BCUT2D eigenvalue weighted by molar-refractivity contribution is 5.98. The van der Waals surface area contributed by atoms with Crippen molar-refractivity contribution in [2.75, 3.05) is 0 Å². The third kappa shape index (κ3) is 2.68. The van der Waals surface area contributed by atoms with E-state index in [4.69, 9.17) is 9.47 Å². The molecule has 25 heavy (non-hydrogen) atoms. The molecule has 5 atom stereocenters. The molecule has 5 nitrogen and oxygen atoms in total. The molecule has 0 N–H and O–H groups in total. The van der Waals surface area contributed by atoms with Crippen molar-refractivity contribution in [2.45, 2.75) is 39.4 Å². The van der Waals surface area contributed by atoms with Crippen LogP contribution >= 0.6 is 0 Å². The maximum absolute atomic E-state index is 12.4. The highest BCUT2D eigenvalue weighted by Gasteiger charge is 2.56. The number of carbonyl (C=O) groups excluding carboxylic acids is 3. The smallest absolute Gasteiger partial charge is 0.334 e. The first-order valence-electron chi connectivity index (χ1n) is 8.39. The van der Waals surface area contributed by atoms with E-state index in [2.05, 4.69) is 13.2 Å². The van der Waals surface area contributed by atoms with Crippen LogP contribution in [-0.4, -0.2) is 29.9 Å². The fourth-order valence-corrected chi connectivity index (χ4v) is 4.07. The fraction of sp³-hybridized carbons (Fsp3) is 0.450. The molecular weight excluding hydrogens is 320 g/mol. The topological polar surface area (TPSA) is 69.7 Å². The van der Waals surface area contributed by atoms with Gasteiger partial charge in [0.2, 0.25) is 0 Å². The highest BCUT2D eigenvalue weighted by Crippen LogP contribution is 2.49. The summed E-state index contributed by atoms with van der Waals surface area (Å²) in [7, 11) is 0. The van der Waals surface area contributed by atoms with Crippen LogP contribution in [0.4, 0.5) is 0 Å². The second kappa shape index (κ2) is 6.14. The van der Waals surface area contributed by atoms with Gasteiger partial charge in [0.15, 0.2) is 5.78 Å². The summed E-state index contributed by atoms with van der Waals surface area (Å²) < 4.78 is 11.2. The van der Waals surface area contributed by atoms with E-state index in [1.165, 1.54) is 0 Å². The Morgan fingerprint density at radius 1 is 1.32 bits per heavy atom. The molecule has 0 aromatic heterocycles. The van der Waals surface area contributed by atoms with E-state index < -0.39 is 36.0 Å². The van der Waals surface area contributed by atoms with Crippen LogP contribution in [0.3, 0.4) is 0 Å². The van der Waals surface area contributed by atoms with Gasteiger partial charge >= 0.3 is 11.9 Å². The number of esters is 2. The molecule has 1 heterocycles. The minimum atomic E-state index is -0.620. The number of ether oxygens (including phenoxy) is 2. The van der Waals surface area contributed by atoms with E-state index in [9.17, 15) is 14.4 Å². The van der Waals surface area contributed by atoms with E-state index in [0.29, 0.717) is 23.1 Å². The SMILES string of the molecule is C=C1C[C@@H](OC(=O)/C(C)=C/C)[C@H]2C(=C)C(=O)O[C@@H]2[C@H]2C(C)=CC(=O)[C@@H]12. The zero-order valence-corrected chi connectivity index (χ0v) is 14.7. The van der Waals surface area contributed by atoms with E-state index in [1.807, 2.05) is 6.92 Å². The summed E-state index contributed by atoms with van der Waals surface area (Å²) in [6, 6.07) is 0. The molecule has 1 saturated carbocycles. The number of fused-ring (bicyclic) bond motifs is 3. The summed E-state index contributed by atoms with van der Waals surface area (Å²) in [6.45, 7) is 13.2. The molecule has 0 spiro atoms. The van der Waals surface area contributed by atoms with Gasteiger partial charge in [-0.1, -0.05) is 30.4 Å². The summed E-state index contributed by atoms with van der Waals surface area (Å²) in [6.07, 6.45) is 2.40. The standard InChI is InChI=1S/C20H22O5/c1-6-9(2)19(22)24-14-8-11(4)15-13(21)7-10(3)16(15)18-17(14)12(5)20(23)25-18/h6-7,14-18H,4-5,8H2,1-3H3/b9-6+/t14-,15-,16+,17-,18-/m1/s1. The Kier molecular flexibility index (Phi) is 4.27. The van der Waals surface area contributed by atoms with Crippen LogP contribution in [0.2, 0.25) is 0 Å². The second-order valence-corrected chi connectivity index (χ2v) is 6.99. The van der Waals surface area contributed by atoms with Crippen LogP contribution in [-0.2, 0) is 23.9 Å². The predicted octanol–water partition coefficient (Wildman–Crippen LogP) is 2.68. The maximum atomic E-state index is 12.4. The van der Waals surface area contributed by atoms with Crippen LogP contribution in [0.25, 0.3) is 0 Å². The van der Waals surface area contributed by atoms with Crippen molar-refractivity contribution in [1.29, 1.82) is 0 Å². The lowest BCUT2D eigenvalue weighted by atomic mass is 9.80. The molecular formula is C20H22O5. The molecule has 0 bridgehead atoms. The summed E-state index contributed by atoms with van der Waals surface area (Å²) >= 11 is 0. The van der Waals surface area contributed by atoms with Gasteiger partial charge in [-0.05, 0) is 26.8 Å². The van der Waals surface area contributed by atoms with E-state index in [1.54, 1.807) is 26.0 Å². The Balaban J connectivity index is 2.01. The number of hydrogen-bond donors (Lipinski definition) is 0. The van der Waals surface area contributed by atoms with Crippen molar-refractivity contribution >= 4 is 17.7 Å². The van der Waals surface area contributed by atoms with Crippen LogP contribution < -0.4 is 0 Å². The van der Waals surface area contributed by atoms with Crippen LogP contribution in [0.5, 0.6) is 0 Å². The molecule has 0 aromatic carbocycles. The number of carbonyl (C=O) groups is 3. The molecule has 0 unspecified atom stereocenters. The molecule has 0 radical (unpaired) electrons. The van der Waals surface area contributed by atoms with Gasteiger partial charge in [-0.25, -0.2) is 9.59 Å². The van der Waals surface area contributed by atoms with Gasteiger partial charge in [0.25, 0.3) is 0 Å². The number of rotatable bonds is 2. The molecule has 132 valence electrons. The van der Waals surface area contributed by atoms with E-state index >= 15 is 0 Å². The van der Waals surface area contributed by atoms with Crippen molar-refractivity contribution < 1.29 is 23.9 Å². The van der Waals surface area contributed by atoms with Crippen molar-refractivity contribution in [3.05, 3.63) is 47.6 Å². The average Bonchev–Trinajstić information content (AvgIpc) is 2.96. The average molecular weight is 342 g/mol.